The Morgan fingerprint density at radius 2 is 1.69 bits per heavy atom. The highest BCUT2D eigenvalue weighted by molar-refractivity contribution is 8.18. The lowest BCUT2D eigenvalue weighted by molar-refractivity contribution is -0.115. The minimum atomic E-state index is -0.214. The first kappa shape index (κ1) is 20.6. The summed E-state index contributed by atoms with van der Waals surface area (Å²) in [6.07, 6.45) is 1.76. The Morgan fingerprint density at radius 3 is 2.24 bits per heavy atom. The Labute approximate surface area is 173 Å². The van der Waals surface area contributed by atoms with Gasteiger partial charge in [0.25, 0.3) is 5.91 Å². The van der Waals surface area contributed by atoms with Gasteiger partial charge in [-0.3, -0.25) is 4.79 Å². The molecule has 0 aromatic heterocycles. The SMILES string of the molecule is CCOc1ccc(N=C2NC(=O)/C(=C\c3cc(OC)c(OC)c(OC)c3)S2)cc1. The van der Waals surface area contributed by atoms with E-state index in [2.05, 4.69) is 10.3 Å². The minimum absolute atomic E-state index is 0.214. The molecule has 29 heavy (non-hydrogen) atoms. The van der Waals surface area contributed by atoms with E-state index in [1.54, 1.807) is 39.5 Å². The molecule has 0 spiro atoms. The molecule has 1 saturated heterocycles. The normalized spacial score (nSPS) is 16.1. The van der Waals surface area contributed by atoms with Gasteiger partial charge in [-0.2, -0.15) is 0 Å². The van der Waals surface area contributed by atoms with E-state index in [0.717, 1.165) is 17.0 Å². The fourth-order valence-electron chi connectivity index (χ4n) is 2.72. The molecular weight excluding hydrogens is 392 g/mol. The second kappa shape index (κ2) is 9.38. The quantitative estimate of drug-likeness (QED) is 0.690. The van der Waals surface area contributed by atoms with Crippen molar-refractivity contribution < 1.29 is 23.7 Å². The lowest BCUT2D eigenvalue weighted by atomic mass is 10.1. The Balaban J connectivity index is 1.83. The molecule has 1 aliphatic rings. The molecule has 0 atom stereocenters. The van der Waals surface area contributed by atoms with Crippen LogP contribution in [0.15, 0.2) is 46.3 Å². The summed E-state index contributed by atoms with van der Waals surface area (Å²) in [5.41, 5.74) is 1.48. The molecule has 1 aliphatic heterocycles. The zero-order valence-electron chi connectivity index (χ0n) is 16.6. The van der Waals surface area contributed by atoms with Crippen molar-refractivity contribution >= 4 is 34.6 Å². The average Bonchev–Trinajstić information content (AvgIpc) is 3.07. The molecule has 7 nitrogen and oxygen atoms in total. The first-order valence-electron chi connectivity index (χ1n) is 8.90. The van der Waals surface area contributed by atoms with Crippen molar-refractivity contribution in [3.8, 4) is 23.0 Å². The van der Waals surface area contributed by atoms with Gasteiger partial charge in [0.1, 0.15) is 5.75 Å². The van der Waals surface area contributed by atoms with Crippen LogP contribution >= 0.6 is 11.8 Å². The summed E-state index contributed by atoms with van der Waals surface area (Å²) in [4.78, 5) is 17.4. The van der Waals surface area contributed by atoms with Crippen LogP contribution in [0.4, 0.5) is 5.69 Å². The number of amides is 1. The first-order chi connectivity index (χ1) is 14.1. The Kier molecular flexibility index (Phi) is 6.66. The third-order valence-corrected chi connectivity index (χ3v) is 4.92. The standard InChI is InChI=1S/C21H22N2O5S/c1-5-28-15-8-6-14(7-9-15)22-21-23-20(24)18(29-21)12-13-10-16(25-2)19(27-4)17(11-13)26-3/h6-12H,5H2,1-4H3,(H,22,23,24)/b18-12+. The van der Waals surface area contributed by atoms with Gasteiger partial charge in [0.2, 0.25) is 5.75 Å². The molecule has 0 radical (unpaired) electrons. The number of amidine groups is 1. The van der Waals surface area contributed by atoms with Gasteiger partial charge in [-0.05, 0) is 66.7 Å². The average molecular weight is 414 g/mol. The maximum Gasteiger partial charge on any atom is 0.264 e. The van der Waals surface area contributed by atoms with Crippen molar-refractivity contribution in [1.29, 1.82) is 0 Å². The largest absolute Gasteiger partial charge is 0.494 e. The molecule has 0 aliphatic carbocycles. The van der Waals surface area contributed by atoms with Gasteiger partial charge >= 0.3 is 0 Å². The topological polar surface area (TPSA) is 78.4 Å². The van der Waals surface area contributed by atoms with E-state index in [4.69, 9.17) is 18.9 Å². The zero-order chi connectivity index (χ0) is 20.8. The van der Waals surface area contributed by atoms with Crippen molar-refractivity contribution in [2.24, 2.45) is 4.99 Å². The molecule has 1 N–H and O–H groups in total. The molecule has 1 heterocycles. The van der Waals surface area contributed by atoms with E-state index < -0.39 is 0 Å². The molecule has 8 heteroatoms. The second-order valence-electron chi connectivity index (χ2n) is 5.87. The number of ether oxygens (including phenoxy) is 4. The molecular formula is C21H22N2O5S. The molecule has 2 aromatic carbocycles. The Hall–Kier alpha value is -3.13. The number of aliphatic imine (C=N–C) groups is 1. The number of hydrogen-bond donors (Lipinski definition) is 1. The summed E-state index contributed by atoms with van der Waals surface area (Å²) in [6, 6.07) is 10.9. The van der Waals surface area contributed by atoms with Gasteiger partial charge in [0.05, 0.1) is 38.5 Å². The van der Waals surface area contributed by atoms with Crippen LogP contribution in [-0.4, -0.2) is 39.0 Å². The third-order valence-electron chi connectivity index (χ3n) is 4.01. The van der Waals surface area contributed by atoms with Crippen LogP contribution in [0.25, 0.3) is 6.08 Å². The van der Waals surface area contributed by atoms with Crippen molar-refractivity contribution in [3.05, 3.63) is 46.9 Å². The van der Waals surface area contributed by atoms with Crippen molar-refractivity contribution in [2.45, 2.75) is 6.92 Å². The maximum absolute atomic E-state index is 12.4. The van der Waals surface area contributed by atoms with E-state index in [1.165, 1.54) is 11.8 Å². The van der Waals surface area contributed by atoms with Crippen LogP contribution in [0.1, 0.15) is 12.5 Å². The number of nitrogens with zero attached hydrogens (tertiary/aromatic N) is 1. The molecule has 1 fully saturated rings. The molecule has 0 bridgehead atoms. The highest BCUT2D eigenvalue weighted by Crippen LogP contribution is 2.39. The van der Waals surface area contributed by atoms with Crippen molar-refractivity contribution in [2.75, 3.05) is 27.9 Å². The fraction of sp³-hybridized carbons (Fsp3) is 0.238. The van der Waals surface area contributed by atoms with Gasteiger partial charge in [-0.15, -0.1) is 0 Å². The monoisotopic (exact) mass is 414 g/mol. The van der Waals surface area contributed by atoms with E-state index in [1.807, 2.05) is 31.2 Å². The number of methoxy groups -OCH3 is 3. The van der Waals surface area contributed by atoms with Crippen LogP contribution in [0.2, 0.25) is 0 Å². The van der Waals surface area contributed by atoms with Gasteiger partial charge in [-0.25, -0.2) is 4.99 Å². The molecule has 0 saturated carbocycles. The van der Waals surface area contributed by atoms with Crippen LogP contribution in [0, 0.1) is 0 Å². The van der Waals surface area contributed by atoms with Crippen molar-refractivity contribution in [1.82, 2.24) is 5.32 Å². The summed E-state index contributed by atoms with van der Waals surface area (Å²) < 4.78 is 21.5. The number of hydrogen-bond acceptors (Lipinski definition) is 7. The van der Waals surface area contributed by atoms with E-state index in [0.29, 0.717) is 33.9 Å². The van der Waals surface area contributed by atoms with E-state index in [9.17, 15) is 4.79 Å². The lowest BCUT2D eigenvalue weighted by Gasteiger charge is -2.12. The second-order valence-corrected chi connectivity index (χ2v) is 6.90. The molecule has 3 rings (SSSR count). The highest BCUT2D eigenvalue weighted by Gasteiger charge is 2.24. The summed E-state index contributed by atoms with van der Waals surface area (Å²) >= 11 is 1.27. The fourth-order valence-corrected chi connectivity index (χ4v) is 3.56. The van der Waals surface area contributed by atoms with Crippen LogP contribution in [0.5, 0.6) is 23.0 Å². The summed E-state index contributed by atoms with van der Waals surface area (Å²) in [6.45, 7) is 2.54. The number of nitrogens with one attached hydrogen (secondary N) is 1. The van der Waals surface area contributed by atoms with Crippen LogP contribution in [-0.2, 0) is 4.79 Å². The van der Waals surface area contributed by atoms with E-state index >= 15 is 0 Å². The molecule has 0 unspecified atom stereocenters. The Morgan fingerprint density at radius 1 is 1.03 bits per heavy atom. The minimum Gasteiger partial charge on any atom is -0.494 e. The zero-order valence-corrected chi connectivity index (χ0v) is 17.5. The van der Waals surface area contributed by atoms with Gasteiger partial charge < -0.3 is 24.3 Å². The summed E-state index contributed by atoms with van der Waals surface area (Å²) in [5.74, 6) is 2.10. The third kappa shape index (κ3) is 4.83. The first-order valence-corrected chi connectivity index (χ1v) is 9.72. The van der Waals surface area contributed by atoms with Gasteiger partial charge in [0, 0.05) is 0 Å². The maximum atomic E-state index is 12.4. The smallest absolute Gasteiger partial charge is 0.264 e. The molecule has 1 amide bonds. The number of rotatable bonds is 7. The predicted molar refractivity (Wildman–Crippen MR) is 115 cm³/mol. The van der Waals surface area contributed by atoms with Crippen LogP contribution in [0.3, 0.4) is 0 Å². The lowest BCUT2D eigenvalue weighted by Crippen LogP contribution is -2.19. The molecule has 2 aromatic rings. The number of thioether (sulfide) groups is 1. The van der Waals surface area contributed by atoms with Gasteiger partial charge in [0.15, 0.2) is 16.7 Å². The Bertz CT molecular complexity index is 929. The van der Waals surface area contributed by atoms with E-state index in [-0.39, 0.29) is 5.91 Å². The van der Waals surface area contributed by atoms with Crippen molar-refractivity contribution in [3.63, 3.8) is 0 Å². The summed E-state index contributed by atoms with van der Waals surface area (Å²) in [5, 5.41) is 3.29. The predicted octanol–water partition coefficient (Wildman–Crippen LogP) is 4.00. The van der Waals surface area contributed by atoms with Gasteiger partial charge in [-0.1, -0.05) is 0 Å². The number of carbonyl (C=O) groups excluding carboxylic acids is 1. The van der Waals surface area contributed by atoms with Crippen LogP contribution < -0.4 is 24.3 Å². The number of carbonyl (C=O) groups is 1. The number of benzene rings is 2. The highest BCUT2D eigenvalue weighted by atomic mass is 32.2. The molecule has 152 valence electrons. The summed E-state index contributed by atoms with van der Waals surface area (Å²) in [7, 11) is 4.64.